The van der Waals surface area contributed by atoms with E-state index in [1.54, 1.807) is 24.0 Å². The van der Waals surface area contributed by atoms with Crippen LogP contribution in [-0.2, 0) is 4.79 Å². The first-order chi connectivity index (χ1) is 8.16. The van der Waals surface area contributed by atoms with E-state index in [0.717, 1.165) is 5.56 Å². The predicted octanol–water partition coefficient (Wildman–Crippen LogP) is 3.23. The molecule has 0 aliphatic heterocycles. The number of hydrogen-bond acceptors (Lipinski definition) is 2. The molecule has 0 spiro atoms. The number of halogens is 1. The van der Waals surface area contributed by atoms with E-state index in [0.29, 0.717) is 10.3 Å². The van der Waals surface area contributed by atoms with E-state index in [2.05, 4.69) is 20.9 Å². The molecule has 2 rings (SSSR count). The van der Waals surface area contributed by atoms with Crippen LogP contribution in [0.3, 0.4) is 0 Å². The molecule has 0 saturated heterocycles. The number of carbonyl (C=O) groups excluding carboxylic acids is 1. The van der Waals surface area contributed by atoms with Gasteiger partial charge in [-0.1, -0.05) is 30.3 Å². The Morgan fingerprint density at radius 1 is 1.35 bits per heavy atom. The molecule has 17 heavy (non-hydrogen) atoms. The number of allylic oxidation sites excluding steroid dienone is 1. The van der Waals surface area contributed by atoms with Gasteiger partial charge in [0.2, 0.25) is 0 Å². The van der Waals surface area contributed by atoms with Gasteiger partial charge in [-0.3, -0.25) is 4.79 Å². The average Bonchev–Trinajstić information content (AvgIpc) is 2.73. The second kappa shape index (κ2) is 5.10. The summed E-state index contributed by atoms with van der Waals surface area (Å²) in [5.41, 5.74) is 1.58. The van der Waals surface area contributed by atoms with Crippen LogP contribution < -0.4 is 0 Å². The normalized spacial score (nSPS) is 11.5. The maximum absolute atomic E-state index is 11.6. The number of rotatable bonds is 3. The zero-order valence-electron chi connectivity index (χ0n) is 9.30. The molecule has 0 bridgehead atoms. The molecule has 0 atom stereocenters. The number of aromatic nitrogens is 2. The molecule has 0 saturated carbocycles. The fraction of sp³-hybridized carbons (Fsp3) is 0.0769. The van der Waals surface area contributed by atoms with E-state index in [9.17, 15) is 4.79 Å². The van der Waals surface area contributed by atoms with E-state index in [4.69, 9.17) is 0 Å². The smallest absolute Gasteiger partial charge is 0.176 e. The summed E-state index contributed by atoms with van der Waals surface area (Å²) in [6.07, 6.45) is 5.22. The Morgan fingerprint density at radius 3 is 2.59 bits per heavy atom. The number of ketones is 1. The first-order valence-electron chi connectivity index (χ1n) is 5.14. The van der Waals surface area contributed by atoms with Crippen molar-refractivity contribution in [3.05, 3.63) is 53.0 Å². The molecular formula is C13H11BrN2O. The van der Waals surface area contributed by atoms with E-state index >= 15 is 0 Å². The van der Waals surface area contributed by atoms with Crippen LogP contribution >= 0.6 is 15.9 Å². The summed E-state index contributed by atoms with van der Waals surface area (Å²) < 4.78 is 2.41. The van der Waals surface area contributed by atoms with Crippen LogP contribution in [0, 0.1) is 0 Å². The summed E-state index contributed by atoms with van der Waals surface area (Å²) in [5.74, 6) is -0.00115. The molecule has 1 aromatic carbocycles. The van der Waals surface area contributed by atoms with Gasteiger partial charge in [0.15, 0.2) is 5.78 Å². The van der Waals surface area contributed by atoms with Crippen LogP contribution in [0.4, 0.5) is 0 Å². The Hall–Kier alpha value is -1.68. The van der Waals surface area contributed by atoms with Gasteiger partial charge in [0.25, 0.3) is 0 Å². The minimum absolute atomic E-state index is 0.00115. The van der Waals surface area contributed by atoms with Gasteiger partial charge in [-0.05, 0) is 27.6 Å². The topological polar surface area (TPSA) is 34.9 Å². The van der Waals surface area contributed by atoms with Gasteiger partial charge in [0.05, 0.1) is 5.70 Å². The molecule has 1 aromatic heterocycles. The molecule has 0 aliphatic carbocycles. The van der Waals surface area contributed by atoms with Gasteiger partial charge in [0, 0.05) is 13.1 Å². The molecule has 0 amide bonds. The summed E-state index contributed by atoms with van der Waals surface area (Å²) in [5, 5.41) is 0. The average molecular weight is 291 g/mol. The van der Waals surface area contributed by atoms with Gasteiger partial charge in [0.1, 0.15) is 10.9 Å². The lowest BCUT2D eigenvalue weighted by atomic mass is 10.1. The van der Waals surface area contributed by atoms with Crippen molar-refractivity contribution in [2.24, 2.45) is 0 Å². The molecule has 0 unspecified atom stereocenters. The lowest BCUT2D eigenvalue weighted by Gasteiger charge is -2.04. The van der Waals surface area contributed by atoms with Crippen LogP contribution in [0.2, 0.25) is 0 Å². The van der Waals surface area contributed by atoms with Crippen molar-refractivity contribution < 1.29 is 4.79 Å². The van der Waals surface area contributed by atoms with Crippen molar-refractivity contribution in [2.45, 2.75) is 6.92 Å². The summed E-state index contributed by atoms with van der Waals surface area (Å²) >= 11 is 3.26. The monoisotopic (exact) mass is 290 g/mol. The highest BCUT2D eigenvalue weighted by Crippen LogP contribution is 2.15. The molecule has 2 aromatic rings. The molecule has 0 radical (unpaired) electrons. The zero-order valence-corrected chi connectivity index (χ0v) is 10.9. The molecule has 86 valence electrons. The van der Waals surface area contributed by atoms with Crippen molar-refractivity contribution in [1.29, 1.82) is 0 Å². The van der Waals surface area contributed by atoms with Crippen LogP contribution in [0.5, 0.6) is 0 Å². The van der Waals surface area contributed by atoms with Crippen LogP contribution in [-0.4, -0.2) is 15.3 Å². The first-order valence-corrected chi connectivity index (χ1v) is 5.93. The molecule has 4 heteroatoms. The zero-order chi connectivity index (χ0) is 12.3. The Kier molecular flexibility index (Phi) is 3.54. The molecule has 3 nitrogen and oxygen atoms in total. The molecule has 1 heterocycles. The Labute approximate surface area is 108 Å². The Bertz CT molecular complexity index is 558. The number of nitrogens with zero attached hydrogens (tertiary/aromatic N) is 2. The van der Waals surface area contributed by atoms with Crippen molar-refractivity contribution in [2.75, 3.05) is 0 Å². The van der Waals surface area contributed by atoms with Crippen LogP contribution in [0.1, 0.15) is 12.5 Å². The fourth-order valence-electron chi connectivity index (χ4n) is 1.50. The van der Waals surface area contributed by atoms with Crippen molar-refractivity contribution in [3.8, 4) is 0 Å². The summed E-state index contributed by atoms with van der Waals surface area (Å²) in [4.78, 5) is 15.7. The van der Waals surface area contributed by atoms with Crippen molar-refractivity contribution in [3.63, 3.8) is 0 Å². The van der Waals surface area contributed by atoms with Gasteiger partial charge >= 0.3 is 0 Å². The van der Waals surface area contributed by atoms with E-state index in [-0.39, 0.29) is 5.78 Å². The van der Waals surface area contributed by atoms with Gasteiger partial charge in [-0.2, -0.15) is 0 Å². The minimum atomic E-state index is -0.00115. The summed E-state index contributed by atoms with van der Waals surface area (Å²) in [7, 11) is 0. The summed E-state index contributed by atoms with van der Waals surface area (Å²) in [6, 6.07) is 9.73. The van der Waals surface area contributed by atoms with Gasteiger partial charge in [-0.15, -0.1) is 0 Å². The standard InChI is InChI=1S/C13H11BrN2O/c1-10(17)12(16-8-13(14)15-9-16)7-11-5-3-2-4-6-11/h2-9H,1H3/b12-7-. The third kappa shape index (κ3) is 2.91. The molecule has 0 fully saturated rings. The van der Waals surface area contributed by atoms with Crippen molar-refractivity contribution in [1.82, 2.24) is 9.55 Å². The molecule has 0 aliphatic rings. The van der Waals surface area contributed by atoms with Crippen LogP contribution in [0.25, 0.3) is 11.8 Å². The number of carbonyl (C=O) groups is 1. The maximum Gasteiger partial charge on any atom is 0.176 e. The van der Waals surface area contributed by atoms with Gasteiger partial charge in [-0.25, -0.2) is 4.98 Å². The SMILES string of the molecule is CC(=O)/C(=C/c1ccccc1)n1cnc(Br)c1. The number of hydrogen-bond donors (Lipinski definition) is 0. The maximum atomic E-state index is 11.6. The van der Waals surface area contributed by atoms with Crippen LogP contribution in [0.15, 0.2) is 47.5 Å². The largest absolute Gasteiger partial charge is 0.302 e. The third-order valence-electron chi connectivity index (χ3n) is 2.29. The quantitative estimate of drug-likeness (QED) is 0.814. The van der Waals surface area contributed by atoms with E-state index in [1.165, 1.54) is 0 Å². The highest BCUT2D eigenvalue weighted by molar-refractivity contribution is 9.10. The lowest BCUT2D eigenvalue weighted by Crippen LogP contribution is -2.02. The Balaban J connectivity index is 2.43. The van der Waals surface area contributed by atoms with Crippen molar-refractivity contribution >= 4 is 33.5 Å². The third-order valence-corrected chi connectivity index (χ3v) is 2.70. The Morgan fingerprint density at radius 2 is 2.06 bits per heavy atom. The highest BCUT2D eigenvalue weighted by atomic mass is 79.9. The minimum Gasteiger partial charge on any atom is -0.302 e. The highest BCUT2D eigenvalue weighted by Gasteiger charge is 2.07. The predicted molar refractivity (Wildman–Crippen MR) is 71.2 cm³/mol. The second-order valence-electron chi connectivity index (χ2n) is 3.60. The number of imidazole rings is 1. The number of Topliss-reactive ketones (excluding diaryl/α,β-unsaturated/α-hetero) is 1. The first kappa shape index (κ1) is 11.8. The fourth-order valence-corrected chi connectivity index (χ4v) is 1.81. The molecular weight excluding hydrogens is 280 g/mol. The van der Waals surface area contributed by atoms with E-state index < -0.39 is 0 Å². The number of benzene rings is 1. The summed E-state index contributed by atoms with van der Waals surface area (Å²) in [6.45, 7) is 1.54. The molecule has 0 N–H and O–H groups in total. The van der Waals surface area contributed by atoms with Gasteiger partial charge < -0.3 is 4.57 Å². The van der Waals surface area contributed by atoms with E-state index in [1.807, 2.05) is 36.4 Å². The lowest BCUT2D eigenvalue weighted by molar-refractivity contribution is -0.112. The second-order valence-corrected chi connectivity index (χ2v) is 4.41.